The quantitative estimate of drug-likeness (QED) is 0.901. The summed E-state index contributed by atoms with van der Waals surface area (Å²) in [5.41, 5.74) is 3.14. The summed E-state index contributed by atoms with van der Waals surface area (Å²) in [5, 5.41) is 4.71. The molecule has 0 saturated carbocycles. The average molecular weight is 312 g/mol. The van der Waals surface area contributed by atoms with Gasteiger partial charge in [-0.1, -0.05) is 13.8 Å². The van der Waals surface area contributed by atoms with Gasteiger partial charge in [0.1, 0.15) is 0 Å². The van der Waals surface area contributed by atoms with Crippen molar-refractivity contribution in [3.05, 3.63) is 17.0 Å². The second-order valence-electron chi connectivity index (χ2n) is 6.22. The highest BCUT2D eigenvalue weighted by atomic mass is 32.2. The Kier molecular flexibility index (Phi) is 4.53. The molecule has 0 amide bonds. The van der Waals surface area contributed by atoms with Gasteiger partial charge in [0.25, 0.3) is 0 Å². The minimum absolute atomic E-state index is 0.376. The number of aryl methyl sites for hydroxylation is 2. The second kappa shape index (κ2) is 5.88. The van der Waals surface area contributed by atoms with E-state index in [4.69, 9.17) is 5.14 Å². The van der Waals surface area contributed by atoms with Gasteiger partial charge in [0.05, 0.1) is 5.25 Å². The maximum Gasteiger partial charge on any atom is 0.225 e. The van der Waals surface area contributed by atoms with E-state index in [0.717, 1.165) is 17.8 Å². The SMILES string of the molecule is Cc1nc(N2CC[C@@H](S(N)(=O)=O)C2)nc(C)c1CC(C)C. The summed E-state index contributed by atoms with van der Waals surface area (Å²) in [5.74, 6) is 1.17. The monoisotopic (exact) mass is 312 g/mol. The van der Waals surface area contributed by atoms with Crippen LogP contribution in [0.4, 0.5) is 5.95 Å². The smallest absolute Gasteiger partial charge is 0.225 e. The molecule has 7 heteroatoms. The maximum absolute atomic E-state index is 11.4. The van der Waals surface area contributed by atoms with Crippen LogP contribution in [0.2, 0.25) is 0 Å². The van der Waals surface area contributed by atoms with Gasteiger partial charge in [-0.2, -0.15) is 0 Å². The number of hydrogen-bond acceptors (Lipinski definition) is 5. The molecule has 2 heterocycles. The Labute approximate surface area is 126 Å². The maximum atomic E-state index is 11.4. The van der Waals surface area contributed by atoms with Gasteiger partial charge >= 0.3 is 0 Å². The molecule has 1 saturated heterocycles. The largest absolute Gasteiger partial charge is 0.339 e. The van der Waals surface area contributed by atoms with Gasteiger partial charge in [-0.05, 0) is 38.2 Å². The van der Waals surface area contributed by atoms with Crippen LogP contribution in [0.5, 0.6) is 0 Å². The lowest BCUT2D eigenvalue weighted by molar-refractivity contribution is 0.585. The van der Waals surface area contributed by atoms with Crippen LogP contribution in [-0.2, 0) is 16.4 Å². The Morgan fingerprint density at radius 2 is 1.86 bits per heavy atom. The van der Waals surface area contributed by atoms with E-state index in [2.05, 4.69) is 23.8 Å². The molecule has 2 rings (SSSR count). The van der Waals surface area contributed by atoms with Crippen molar-refractivity contribution in [3.63, 3.8) is 0 Å². The van der Waals surface area contributed by atoms with Gasteiger partial charge in [-0.25, -0.2) is 23.5 Å². The van der Waals surface area contributed by atoms with E-state index in [1.54, 1.807) is 0 Å². The molecule has 0 unspecified atom stereocenters. The molecule has 1 aromatic heterocycles. The van der Waals surface area contributed by atoms with Crippen LogP contribution in [0.3, 0.4) is 0 Å². The van der Waals surface area contributed by atoms with Crippen molar-refractivity contribution in [2.75, 3.05) is 18.0 Å². The first-order valence-corrected chi connectivity index (χ1v) is 8.90. The number of hydrogen-bond donors (Lipinski definition) is 1. The number of anilines is 1. The lowest BCUT2D eigenvalue weighted by Gasteiger charge is -2.19. The lowest BCUT2D eigenvalue weighted by Crippen LogP contribution is -2.32. The highest BCUT2D eigenvalue weighted by Crippen LogP contribution is 2.23. The van der Waals surface area contributed by atoms with E-state index in [-0.39, 0.29) is 0 Å². The van der Waals surface area contributed by atoms with E-state index in [1.807, 2.05) is 18.7 Å². The van der Waals surface area contributed by atoms with Crippen molar-refractivity contribution in [3.8, 4) is 0 Å². The molecular weight excluding hydrogens is 288 g/mol. The van der Waals surface area contributed by atoms with E-state index in [0.29, 0.717) is 31.4 Å². The van der Waals surface area contributed by atoms with Crippen LogP contribution in [0.25, 0.3) is 0 Å². The van der Waals surface area contributed by atoms with Crippen molar-refractivity contribution in [2.45, 2.75) is 45.8 Å². The van der Waals surface area contributed by atoms with E-state index in [1.165, 1.54) is 5.56 Å². The molecular formula is C14H24N4O2S. The number of aromatic nitrogens is 2. The topological polar surface area (TPSA) is 89.2 Å². The van der Waals surface area contributed by atoms with Crippen molar-refractivity contribution in [1.82, 2.24) is 9.97 Å². The van der Waals surface area contributed by atoms with Crippen LogP contribution in [0.15, 0.2) is 0 Å². The predicted molar refractivity (Wildman–Crippen MR) is 83.8 cm³/mol. The predicted octanol–water partition coefficient (Wildman–Crippen LogP) is 1.16. The minimum Gasteiger partial charge on any atom is -0.339 e. The van der Waals surface area contributed by atoms with Crippen molar-refractivity contribution in [1.29, 1.82) is 0 Å². The third-order valence-corrected chi connectivity index (χ3v) is 5.23. The molecule has 0 aliphatic carbocycles. The van der Waals surface area contributed by atoms with Gasteiger partial charge < -0.3 is 4.90 Å². The summed E-state index contributed by atoms with van der Waals surface area (Å²) in [6.07, 6.45) is 1.49. The summed E-state index contributed by atoms with van der Waals surface area (Å²) in [7, 11) is -3.48. The van der Waals surface area contributed by atoms with Crippen molar-refractivity contribution in [2.24, 2.45) is 11.1 Å². The van der Waals surface area contributed by atoms with Crippen molar-refractivity contribution >= 4 is 16.0 Å². The third kappa shape index (κ3) is 3.71. The fraction of sp³-hybridized carbons (Fsp3) is 0.714. The molecule has 0 spiro atoms. The first kappa shape index (κ1) is 16.2. The summed E-state index contributed by atoms with van der Waals surface area (Å²) >= 11 is 0. The van der Waals surface area contributed by atoms with Gasteiger partial charge in [-0.3, -0.25) is 0 Å². The number of rotatable bonds is 4. The summed E-state index contributed by atoms with van der Waals surface area (Å²) in [6.45, 7) is 9.32. The Balaban J connectivity index is 2.23. The van der Waals surface area contributed by atoms with Crippen LogP contribution in [-0.4, -0.2) is 36.7 Å². The zero-order chi connectivity index (χ0) is 15.8. The fourth-order valence-electron chi connectivity index (χ4n) is 2.74. The number of sulfonamides is 1. The zero-order valence-electron chi connectivity index (χ0n) is 13.1. The van der Waals surface area contributed by atoms with Crippen molar-refractivity contribution < 1.29 is 8.42 Å². The van der Waals surface area contributed by atoms with Gasteiger partial charge in [0.15, 0.2) is 0 Å². The highest BCUT2D eigenvalue weighted by molar-refractivity contribution is 7.89. The highest BCUT2D eigenvalue weighted by Gasteiger charge is 2.32. The lowest BCUT2D eigenvalue weighted by atomic mass is 10.0. The molecule has 1 atom stereocenters. The van der Waals surface area contributed by atoms with E-state index >= 15 is 0 Å². The first-order valence-electron chi connectivity index (χ1n) is 7.29. The summed E-state index contributed by atoms with van der Waals surface area (Å²) < 4.78 is 22.9. The Hall–Kier alpha value is -1.21. The molecule has 1 aliphatic rings. The van der Waals surface area contributed by atoms with Crippen LogP contribution in [0, 0.1) is 19.8 Å². The molecule has 0 bridgehead atoms. The molecule has 1 aliphatic heterocycles. The normalized spacial score (nSPS) is 19.5. The Morgan fingerprint density at radius 3 is 2.29 bits per heavy atom. The minimum atomic E-state index is -3.48. The van der Waals surface area contributed by atoms with Crippen LogP contribution >= 0.6 is 0 Å². The molecule has 0 radical (unpaired) electrons. The fourth-order valence-corrected chi connectivity index (χ4v) is 3.57. The third-order valence-electron chi connectivity index (χ3n) is 3.91. The second-order valence-corrected chi connectivity index (χ2v) is 8.06. The average Bonchev–Trinajstić information content (AvgIpc) is 2.82. The van der Waals surface area contributed by atoms with E-state index in [9.17, 15) is 8.42 Å². The number of nitrogens with two attached hydrogens (primary N) is 1. The molecule has 118 valence electrons. The number of primary sulfonamides is 1. The number of nitrogens with zero attached hydrogens (tertiary/aromatic N) is 3. The molecule has 21 heavy (non-hydrogen) atoms. The molecule has 2 N–H and O–H groups in total. The van der Waals surface area contributed by atoms with E-state index < -0.39 is 15.3 Å². The van der Waals surface area contributed by atoms with Crippen LogP contribution < -0.4 is 10.0 Å². The first-order chi connectivity index (χ1) is 9.68. The van der Waals surface area contributed by atoms with Crippen LogP contribution in [0.1, 0.15) is 37.2 Å². The summed E-state index contributed by atoms with van der Waals surface area (Å²) in [6, 6.07) is 0. The Morgan fingerprint density at radius 1 is 1.29 bits per heavy atom. The molecule has 1 aromatic rings. The molecule has 0 aromatic carbocycles. The Bertz CT molecular complexity index is 605. The molecule has 1 fully saturated rings. The van der Waals surface area contributed by atoms with Gasteiger partial charge in [0, 0.05) is 24.5 Å². The summed E-state index contributed by atoms with van der Waals surface area (Å²) in [4.78, 5) is 11.0. The van der Waals surface area contributed by atoms with Gasteiger partial charge in [0.2, 0.25) is 16.0 Å². The standard InChI is InChI=1S/C14H24N4O2S/c1-9(2)7-13-10(3)16-14(17-11(13)4)18-6-5-12(8-18)21(15,19)20/h9,12H,5-8H2,1-4H3,(H2,15,19,20)/t12-/m1/s1. The van der Waals surface area contributed by atoms with Gasteiger partial charge in [-0.15, -0.1) is 0 Å². The molecule has 6 nitrogen and oxygen atoms in total. The zero-order valence-corrected chi connectivity index (χ0v) is 13.9.